The molecule has 34 heavy (non-hydrogen) atoms. The summed E-state index contributed by atoms with van der Waals surface area (Å²) in [6, 6.07) is 10.3. The van der Waals surface area contributed by atoms with E-state index in [1.54, 1.807) is 13.8 Å². The monoisotopic (exact) mass is 488 g/mol. The molecule has 1 aromatic heterocycles. The van der Waals surface area contributed by atoms with Crippen LogP contribution in [0.3, 0.4) is 0 Å². The quantitative estimate of drug-likeness (QED) is 0.709. The Morgan fingerprint density at radius 1 is 1.03 bits per heavy atom. The van der Waals surface area contributed by atoms with E-state index < -0.39 is 10.0 Å². The van der Waals surface area contributed by atoms with E-state index in [1.165, 1.54) is 16.3 Å². The first kappa shape index (κ1) is 24.9. The summed E-state index contributed by atoms with van der Waals surface area (Å²) < 4.78 is 33.6. The zero-order chi connectivity index (χ0) is 24.2. The largest absolute Gasteiger partial charge is 0.360 e. The lowest BCUT2D eigenvalue weighted by atomic mass is 9.77. The molecular formula is C25H36N4O4S. The van der Waals surface area contributed by atoms with Gasteiger partial charge < -0.3 is 9.84 Å². The average Bonchev–Trinajstić information content (AvgIpc) is 3.15. The summed E-state index contributed by atoms with van der Waals surface area (Å²) in [6.07, 6.45) is 6.56. The summed E-state index contributed by atoms with van der Waals surface area (Å²) >= 11 is 0. The Kier molecular flexibility index (Phi) is 7.74. The van der Waals surface area contributed by atoms with Gasteiger partial charge in [-0.15, -0.1) is 0 Å². The molecule has 0 unspecified atom stereocenters. The fourth-order valence-corrected chi connectivity index (χ4v) is 7.32. The van der Waals surface area contributed by atoms with Gasteiger partial charge >= 0.3 is 0 Å². The molecule has 1 amide bonds. The van der Waals surface area contributed by atoms with Crippen molar-refractivity contribution >= 4 is 15.9 Å². The van der Waals surface area contributed by atoms with Crippen molar-refractivity contribution < 1.29 is 17.7 Å². The summed E-state index contributed by atoms with van der Waals surface area (Å²) in [5.74, 6) is 0.291. The van der Waals surface area contributed by atoms with E-state index in [4.69, 9.17) is 4.52 Å². The zero-order valence-corrected chi connectivity index (χ0v) is 21.1. The Morgan fingerprint density at radius 3 is 2.44 bits per heavy atom. The molecule has 2 fully saturated rings. The molecule has 2 heterocycles. The number of benzene rings is 1. The summed E-state index contributed by atoms with van der Waals surface area (Å²) in [7, 11) is -3.78. The van der Waals surface area contributed by atoms with Crippen LogP contribution in [0.1, 0.15) is 62.0 Å². The van der Waals surface area contributed by atoms with Gasteiger partial charge in [0.15, 0.2) is 5.76 Å². The van der Waals surface area contributed by atoms with Crippen LogP contribution in [0.5, 0.6) is 0 Å². The van der Waals surface area contributed by atoms with Gasteiger partial charge in [0, 0.05) is 44.7 Å². The fraction of sp³-hybridized carbons (Fsp3) is 0.600. The first-order valence-corrected chi connectivity index (χ1v) is 13.7. The maximum absolute atomic E-state index is 13.5. The maximum Gasteiger partial charge on any atom is 0.248 e. The number of carbonyl (C=O) groups is 1. The van der Waals surface area contributed by atoms with Crippen LogP contribution >= 0.6 is 0 Å². The molecule has 1 aliphatic carbocycles. The molecule has 0 atom stereocenters. The number of sulfonamides is 1. The smallest absolute Gasteiger partial charge is 0.248 e. The molecule has 4 rings (SSSR count). The van der Waals surface area contributed by atoms with Crippen molar-refractivity contribution in [3.63, 3.8) is 0 Å². The average molecular weight is 489 g/mol. The number of rotatable bonds is 4. The van der Waals surface area contributed by atoms with E-state index in [2.05, 4.69) is 27.5 Å². The highest BCUT2D eigenvalue weighted by molar-refractivity contribution is 7.89. The summed E-state index contributed by atoms with van der Waals surface area (Å²) in [5.41, 5.74) is 1.39. The van der Waals surface area contributed by atoms with Crippen molar-refractivity contribution in [2.75, 3.05) is 26.2 Å². The highest BCUT2D eigenvalue weighted by atomic mass is 32.2. The Balaban J connectivity index is 1.61. The molecule has 1 N–H and O–H groups in total. The predicted molar refractivity (Wildman–Crippen MR) is 130 cm³/mol. The maximum atomic E-state index is 13.5. The molecule has 1 aliphatic heterocycles. The highest BCUT2D eigenvalue weighted by Gasteiger charge is 2.40. The molecule has 1 aromatic carbocycles. The van der Waals surface area contributed by atoms with Crippen molar-refractivity contribution in [1.82, 2.24) is 19.7 Å². The third-order valence-electron chi connectivity index (χ3n) is 7.25. The van der Waals surface area contributed by atoms with Crippen LogP contribution in [0.15, 0.2) is 39.8 Å². The molecule has 8 nitrogen and oxygen atoms in total. The lowest BCUT2D eigenvalue weighted by Gasteiger charge is -2.46. The minimum atomic E-state index is -3.78. The molecule has 1 saturated carbocycles. The van der Waals surface area contributed by atoms with Crippen LogP contribution in [0.4, 0.5) is 0 Å². The Morgan fingerprint density at radius 2 is 1.76 bits per heavy atom. The van der Waals surface area contributed by atoms with Crippen molar-refractivity contribution in [2.24, 2.45) is 0 Å². The number of carbonyl (C=O) groups excluding carboxylic acids is 1. The second-order valence-corrected chi connectivity index (χ2v) is 11.5. The van der Waals surface area contributed by atoms with Gasteiger partial charge in [0.2, 0.25) is 15.9 Å². The summed E-state index contributed by atoms with van der Waals surface area (Å²) in [6.45, 7) is 5.64. The number of amides is 1. The van der Waals surface area contributed by atoms with E-state index >= 15 is 0 Å². The predicted octanol–water partition coefficient (Wildman–Crippen LogP) is 3.40. The van der Waals surface area contributed by atoms with Gasteiger partial charge in [-0.05, 0) is 38.7 Å². The molecule has 0 bridgehead atoms. The van der Waals surface area contributed by atoms with Gasteiger partial charge in [-0.2, -0.15) is 4.31 Å². The molecular weight excluding hydrogens is 452 g/mol. The van der Waals surface area contributed by atoms with Gasteiger partial charge in [0.25, 0.3) is 0 Å². The van der Waals surface area contributed by atoms with Gasteiger partial charge in [-0.3, -0.25) is 9.69 Å². The summed E-state index contributed by atoms with van der Waals surface area (Å²) in [4.78, 5) is 15.6. The van der Waals surface area contributed by atoms with Crippen molar-refractivity contribution in [2.45, 2.75) is 75.8 Å². The number of nitrogens with one attached hydrogen (secondary N) is 1. The first-order chi connectivity index (χ1) is 16.3. The van der Waals surface area contributed by atoms with Crippen molar-refractivity contribution in [1.29, 1.82) is 0 Å². The molecule has 1 saturated heterocycles. The number of nitrogens with zero attached hydrogens (tertiary/aromatic N) is 3. The number of aryl methyl sites for hydroxylation is 2. The normalized spacial score (nSPS) is 21.2. The van der Waals surface area contributed by atoms with Crippen LogP contribution in [0.25, 0.3) is 0 Å². The lowest BCUT2D eigenvalue weighted by Crippen LogP contribution is -2.52. The van der Waals surface area contributed by atoms with E-state index in [0.717, 1.165) is 38.8 Å². The van der Waals surface area contributed by atoms with E-state index in [9.17, 15) is 13.2 Å². The summed E-state index contributed by atoms with van der Waals surface area (Å²) in [5, 5.41) is 6.84. The lowest BCUT2D eigenvalue weighted by molar-refractivity contribution is -0.125. The molecule has 1 spiro atoms. The first-order valence-electron chi connectivity index (χ1n) is 12.3. The van der Waals surface area contributed by atoms with Crippen molar-refractivity contribution in [3.05, 3.63) is 47.3 Å². The minimum Gasteiger partial charge on any atom is -0.360 e. The third-order valence-corrected chi connectivity index (χ3v) is 9.39. The minimum absolute atomic E-state index is 0.00320. The molecule has 186 valence electrons. The third kappa shape index (κ3) is 5.37. The van der Waals surface area contributed by atoms with E-state index in [1.807, 2.05) is 18.2 Å². The molecule has 0 radical (unpaired) electrons. The van der Waals surface area contributed by atoms with Gasteiger partial charge in [0.05, 0.1) is 0 Å². The van der Waals surface area contributed by atoms with Crippen LogP contribution in [-0.4, -0.2) is 60.4 Å². The Hall–Kier alpha value is -2.23. The van der Waals surface area contributed by atoms with Crippen LogP contribution < -0.4 is 5.32 Å². The van der Waals surface area contributed by atoms with E-state index in [-0.39, 0.29) is 29.4 Å². The van der Waals surface area contributed by atoms with Crippen molar-refractivity contribution in [3.8, 4) is 0 Å². The van der Waals surface area contributed by atoms with Gasteiger partial charge in [0.1, 0.15) is 10.6 Å². The topological polar surface area (TPSA) is 95.8 Å². The van der Waals surface area contributed by atoms with E-state index in [0.29, 0.717) is 30.8 Å². The standard InChI is InChI=1S/C25H36N4O4S/c1-20-24(21(2)33-27-20)34(31,32)29-16-9-15-28(19-22-10-5-3-6-11-22)25(12-7-4-8-13-25)18-23(30)26-14-17-29/h3,5-6,10-11H,4,7-9,12-19H2,1-2H3,(H,26,30). The fourth-order valence-electron chi connectivity index (χ4n) is 5.55. The number of aromatic nitrogens is 1. The Bertz CT molecular complexity index is 1060. The van der Waals surface area contributed by atoms with Crippen LogP contribution in [0.2, 0.25) is 0 Å². The highest BCUT2D eigenvalue weighted by Crippen LogP contribution is 2.38. The van der Waals surface area contributed by atoms with Gasteiger partial charge in [-0.1, -0.05) is 54.8 Å². The zero-order valence-electron chi connectivity index (χ0n) is 20.3. The molecule has 2 aliphatic rings. The second-order valence-electron chi connectivity index (χ2n) is 9.63. The van der Waals surface area contributed by atoms with Gasteiger partial charge in [-0.25, -0.2) is 8.42 Å². The Labute approximate surface area is 202 Å². The number of hydrogen-bond acceptors (Lipinski definition) is 6. The SMILES string of the molecule is Cc1noc(C)c1S(=O)(=O)N1CCCN(Cc2ccccc2)C2(CCCCC2)CC(=O)NCC1. The molecule has 2 aromatic rings. The van der Waals surface area contributed by atoms with Crippen LogP contribution in [0, 0.1) is 13.8 Å². The molecule has 9 heteroatoms. The van der Waals surface area contributed by atoms with Crippen LogP contribution in [-0.2, 0) is 21.4 Å². The second kappa shape index (κ2) is 10.6. The number of hydrogen-bond donors (Lipinski definition) is 1.